The molecule has 1 aromatic heterocycles. The lowest BCUT2D eigenvalue weighted by molar-refractivity contribution is 0.118. The molecule has 38 heavy (non-hydrogen) atoms. The fourth-order valence-electron chi connectivity index (χ4n) is 4.43. The van der Waals surface area contributed by atoms with Crippen molar-refractivity contribution in [2.75, 3.05) is 39.9 Å². The summed E-state index contributed by atoms with van der Waals surface area (Å²) >= 11 is 0. The van der Waals surface area contributed by atoms with Crippen molar-refractivity contribution in [2.45, 2.75) is 26.8 Å². The maximum absolute atomic E-state index is 5.48. The van der Waals surface area contributed by atoms with Crippen molar-refractivity contribution in [3.63, 3.8) is 0 Å². The smallest absolute Gasteiger partial charge is 0.237 e. The predicted octanol–water partition coefficient (Wildman–Crippen LogP) is 3.60. The van der Waals surface area contributed by atoms with Crippen LogP contribution in [0.3, 0.4) is 0 Å². The van der Waals surface area contributed by atoms with E-state index in [-0.39, 0.29) is 6.04 Å². The summed E-state index contributed by atoms with van der Waals surface area (Å²) in [6.07, 6.45) is 5.81. The molecule has 1 aromatic carbocycles. The van der Waals surface area contributed by atoms with Gasteiger partial charge in [0.15, 0.2) is 0 Å². The second-order valence-corrected chi connectivity index (χ2v) is 8.87. The normalized spacial score (nSPS) is 13.1. The Morgan fingerprint density at radius 1 is 0.974 bits per heavy atom. The summed E-state index contributed by atoms with van der Waals surface area (Å²) in [5.74, 6) is 0.491. The van der Waals surface area contributed by atoms with Crippen LogP contribution in [-0.4, -0.2) is 55.1 Å². The Bertz CT molecular complexity index is 1540. The summed E-state index contributed by atoms with van der Waals surface area (Å²) in [7, 11) is 4.93. The van der Waals surface area contributed by atoms with E-state index in [0.717, 1.165) is 44.5 Å². The standard InChI is InChI=1S/C30H35N5O3/c1-7-23-28(8-2)35(22-13-11-20(3)12-14-22)29-17-26(32-21(18-36-4)19-37-5)25(16-27(29)33-23)34-24-10-9-15-31-30(24)38-6/h7-17,21,34H,18-19H2,1-6H3/b23-7+,28-8+,32-26?. The average molecular weight is 514 g/mol. The van der Waals surface area contributed by atoms with Gasteiger partial charge >= 0.3 is 0 Å². The first-order valence-corrected chi connectivity index (χ1v) is 12.6. The van der Waals surface area contributed by atoms with Gasteiger partial charge in [-0.15, -0.1) is 0 Å². The monoisotopic (exact) mass is 513 g/mol. The first-order chi connectivity index (χ1) is 18.5. The van der Waals surface area contributed by atoms with Gasteiger partial charge in [-0.25, -0.2) is 9.97 Å². The fraction of sp³-hybridized carbons (Fsp3) is 0.300. The third-order valence-corrected chi connectivity index (χ3v) is 6.19. The highest BCUT2D eigenvalue weighted by Gasteiger charge is 2.17. The first kappa shape index (κ1) is 27.0. The zero-order chi connectivity index (χ0) is 27.1. The number of aromatic nitrogens is 3. The minimum atomic E-state index is -0.194. The van der Waals surface area contributed by atoms with E-state index in [1.807, 2.05) is 38.1 Å². The average Bonchev–Trinajstić information content (AvgIpc) is 2.93. The number of rotatable bonds is 9. The second kappa shape index (κ2) is 12.5. The van der Waals surface area contributed by atoms with Crippen molar-refractivity contribution in [1.29, 1.82) is 0 Å². The van der Waals surface area contributed by atoms with Crippen LogP contribution in [0.1, 0.15) is 19.4 Å². The molecule has 0 atom stereocenters. The van der Waals surface area contributed by atoms with Gasteiger partial charge < -0.3 is 24.1 Å². The van der Waals surface area contributed by atoms with Gasteiger partial charge in [0.1, 0.15) is 5.69 Å². The van der Waals surface area contributed by atoms with Gasteiger partial charge in [0.25, 0.3) is 0 Å². The van der Waals surface area contributed by atoms with E-state index in [0.29, 0.717) is 19.1 Å². The SMILES string of the molecule is C/C=c1/nc2cc(Nc3cccnc3OC)c(=NC(COC)COC)cc-2n(-c2ccc(C)cc2)/c1=C/C. The highest BCUT2D eigenvalue weighted by molar-refractivity contribution is 5.71. The van der Waals surface area contributed by atoms with Crippen molar-refractivity contribution in [1.82, 2.24) is 14.5 Å². The van der Waals surface area contributed by atoms with Crippen LogP contribution in [0, 0.1) is 6.92 Å². The molecule has 0 fully saturated rings. The summed E-state index contributed by atoms with van der Waals surface area (Å²) in [6.45, 7) is 6.98. The third-order valence-electron chi connectivity index (χ3n) is 6.19. The molecular formula is C30H35N5O3. The topological polar surface area (TPSA) is 82.8 Å². The molecule has 0 amide bonds. The molecule has 1 N–H and O–H groups in total. The Kier molecular flexibility index (Phi) is 8.89. The van der Waals surface area contributed by atoms with Gasteiger partial charge in [-0.1, -0.05) is 29.8 Å². The van der Waals surface area contributed by atoms with Crippen LogP contribution >= 0.6 is 0 Å². The second-order valence-electron chi connectivity index (χ2n) is 8.87. The zero-order valence-electron chi connectivity index (χ0n) is 22.9. The summed E-state index contributed by atoms with van der Waals surface area (Å²) < 4.78 is 18.6. The Balaban J connectivity index is 2.07. The van der Waals surface area contributed by atoms with Gasteiger partial charge in [-0.2, -0.15) is 0 Å². The molecule has 8 heteroatoms. The van der Waals surface area contributed by atoms with Crippen molar-refractivity contribution >= 4 is 23.5 Å². The fourth-order valence-corrected chi connectivity index (χ4v) is 4.43. The van der Waals surface area contributed by atoms with Gasteiger partial charge in [0, 0.05) is 26.1 Å². The van der Waals surface area contributed by atoms with Crippen molar-refractivity contribution < 1.29 is 14.2 Å². The molecule has 0 saturated heterocycles. The molecular weight excluding hydrogens is 478 g/mol. The zero-order valence-corrected chi connectivity index (χ0v) is 22.9. The lowest BCUT2D eigenvalue weighted by Gasteiger charge is -2.20. The van der Waals surface area contributed by atoms with Crippen LogP contribution in [0.25, 0.3) is 29.2 Å². The molecule has 0 bridgehead atoms. The number of pyridine rings is 1. The molecule has 2 aromatic rings. The van der Waals surface area contributed by atoms with Crippen LogP contribution in [-0.2, 0) is 9.47 Å². The van der Waals surface area contributed by atoms with Crippen LogP contribution in [0.5, 0.6) is 5.88 Å². The summed E-state index contributed by atoms with van der Waals surface area (Å²) in [6, 6.07) is 16.2. The highest BCUT2D eigenvalue weighted by atomic mass is 16.5. The number of hydrogen-bond acceptors (Lipinski definition) is 7. The van der Waals surface area contributed by atoms with E-state index in [9.17, 15) is 0 Å². The van der Waals surface area contributed by atoms with Crippen LogP contribution in [0.2, 0.25) is 0 Å². The number of aryl methyl sites for hydroxylation is 1. The van der Waals surface area contributed by atoms with Gasteiger partial charge in [0.2, 0.25) is 5.88 Å². The molecule has 198 valence electrons. The minimum absolute atomic E-state index is 0.194. The van der Waals surface area contributed by atoms with Crippen molar-refractivity contribution in [3.8, 4) is 23.0 Å². The molecule has 2 aliphatic rings. The molecule has 0 spiro atoms. The van der Waals surface area contributed by atoms with Crippen LogP contribution in [0.4, 0.5) is 11.4 Å². The number of methoxy groups -OCH3 is 3. The van der Waals surface area contributed by atoms with E-state index in [1.54, 1.807) is 27.5 Å². The van der Waals surface area contributed by atoms with Gasteiger partial charge in [-0.3, -0.25) is 4.99 Å². The molecule has 1 aliphatic carbocycles. The molecule has 2 heterocycles. The summed E-state index contributed by atoms with van der Waals surface area (Å²) in [4.78, 5) is 14.4. The molecule has 1 aliphatic heterocycles. The van der Waals surface area contributed by atoms with E-state index in [1.165, 1.54) is 5.56 Å². The number of benzene rings is 2. The van der Waals surface area contributed by atoms with E-state index in [4.69, 9.17) is 24.2 Å². The van der Waals surface area contributed by atoms with Crippen molar-refractivity contribution in [2.24, 2.45) is 4.99 Å². The predicted molar refractivity (Wildman–Crippen MR) is 152 cm³/mol. The Hall–Kier alpha value is -4.01. The number of nitrogens with zero attached hydrogens (tertiary/aromatic N) is 4. The van der Waals surface area contributed by atoms with Crippen molar-refractivity contribution in [3.05, 3.63) is 76.3 Å². The van der Waals surface area contributed by atoms with Gasteiger partial charge in [-0.05, 0) is 57.2 Å². The maximum atomic E-state index is 5.48. The minimum Gasteiger partial charge on any atom is -0.480 e. The highest BCUT2D eigenvalue weighted by Crippen LogP contribution is 2.27. The maximum Gasteiger partial charge on any atom is 0.237 e. The number of anilines is 2. The number of nitrogens with one attached hydrogen (secondary N) is 1. The Labute approximate surface area is 223 Å². The largest absolute Gasteiger partial charge is 0.480 e. The van der Waals surface area contributed by atoms with E-state index in [2.05, 4.69) is 58.2 Å². The third kappa shape index (κ3) is 5.77. The van der Waals surface area contributed by atoms with Crippen LogP contribution in [0.15, 0.2) is 59.7 Å². The van der Waals surface area contributed by atoms with E-state index >= 15 is 0 Å². The molecule has 0 unspecified atom stereocenters. The molecule has 8 nitrogen and oxygen atoms in total. The first-order valence-electron chi connectivity index (χ1n) is 12.6. The number of hydrogen-bond donors (Lipinski definition) is 1. The Morgan fingerprint density at radius 2 is 1.71 bits per heavy atom. The Morgan fingerprint density at radius 3 is 2.34 bits per heavy atom. The lowest BCUT2D eigenvalue weighted by atomic mass is 10.1. The summed E-state index contributed by atoms with van der Waals surface area (Å²) in [5, 5.41) is 6.13. The number of ether oxygens (including phenoxy) is 3. The molecule has 0 radical (unpaired) electrons. The summed E-state index contributed by atoms with van der Waals surface area (Å²) in [5.41, 5.74) is 5.51. The van der Waals surface area contributed by atoms with E-state index < -0.39 is 0 Å². The van der Waals surface area contributed by atoms with Crippen LogP contribution < -0.4 is 26.1 Å². The molecule has 0 saturated carbocycles. The number of fused-ring (bicyclic) bond motifs is 1. The quantitative estimate of drug-likeness (QED) is 0.368. The van der Waals surface area contributed by atoms with Gasteiger partial charge in [0.05, 0.1) is 59.5 Å². The molecule has 4 rings (SSSR count). The lowest BCUT2D eigenvalue weighted by Crippen LogP contribution is -2.39.